The maximum Gasteiger partial charge on any atom is 0.238 e. The molecule has 0 radical (unpaired) electrons. The molecule has 2 N–H and O–H groups in total. The number of hydrogen-bond donors (Lipinski definition) is 2. The lowest BCUT2D eigenvalue weighted by Gasteiger charge is -2.33. The molecule has 4 nitrogen and oxygen atoms in total. The van der Waals surface area contributed by atoms with Crippen molar-refractivity contribution in [3.05, 3.63) is 27.7 Å². The molecule has 1 aromatic carbocycles. The average molecular weight is 375 g/mol. The van der Waals surface area contributed by atoms with E-state index in [4.69, 9.17) is 11.6 Å². The number of halogens is 2. The van der Waals surface area contributed by atoms with Crippen molar-refractivity contribution < 1.29 is 4.79 Å². The zero-order chi connectivity index (χ0) is 15.2. The van der Waals surface area contributed by atoms with Crippen molar-refractivity contribution in [2.75, 3.05) is 31.5 Å². The number of carbonyl (C=O) groups excluding carboxylic acids is 1. The summed E-state index contributed by atoms with van der Waals surface area (Å²) in [4.78, 5) is 14.4. The highest BCUT2D eigenvalue weighted by Gasteiger charge is 2.21. The Morgan fingerprint density at radius 3 is 3.00 bits per heavy atom. The number of benzene rings is 1. The first-order valence-electron chi connectivity index (χ1n) is 7.30. The third-order valence-corrected chi connectivity index (χ3v) is 4.55. The highest BCUT2D eigenvalue weighted by Crippen LogP contribution is 2.25. The van der Waals surface area contributed by atoms with Crippen LogP contribution in [0.3, 0.4) is 0 Å². The number of amides is 1. The van der Waals surface area contributed by atoms with Crippen molar-refractivity contribution in [3.63, 3.8) is 0 Å². The molecule has 1 aromatic rings. The van der Waals surface area contributed by atoms with Crippen molar-refractivity contribution in [3.8, 4) is 0 Å². The molecule has 1 aliphatic rings. The van der Waals surface area contributed by atoms with Gasteiger partial charge in [0.15, 0.2) is 0 Å². The van der Waals surface area contributed by atoms with Crippen LogP contribution >= 0.6 is 27.5 Å². The van der Waals surface area contributed by atoms with E-state index in [-0.39, 0.29) is 5.91 Å². The Labute approximate surface area is 139 Å². The summed E-state index contributed by atoms with van der Waals surface area (Å²) >= 11 is 9.48. The molecule has 0 aliphatic carbocycles. The van der Waals surface area contributed by atoms with Gasteiger partial charge >= 0.3 is 0 Å². The Kier molecular flexibility index (Phi) is 6.48. The van der Waals surface area contributed by atoms with Crippen LogP contribution in [0, 0.1) is 0 Å². The molecule has 0 aromatic heterocycles. The van der Waals surface area contributed by atoms with Gasteiger partial charge in [0.2, 0.25) is 5.91 Å². The summed E-state index contributed by atoms with van der Waals surface area (Å²) in [6.07, 6.45) is 2.31. The Bertz CT molecular complexity index is 492. The van der Waals surface area contributed by atoms with Gasteiger partial charge in [-0.1, -0.05) is 34.5 Å². The van der Waals surface area contributed by atoms with Gasteiger partial charge in [-0.05, 0) is 44.1 Å². The number of piperidine rings is 1. The number of hydrogen-bond acceptors (Lipinski definition) is 3. The molecule has 2 rings (SSSR count). The van der Waals surface area contributed by atoms with Gasteiger partial charge in [0.25, 0.3) is 0 Å². The summed E-state index contributed by atoms with van der Waals surface area (Å²) in [6, 6.07) is 5.89. The van der Waals surface area contributed by atoms with Gasteiger partial charge in [-0.25, -0.2) is 0 Å². The zero-order valence-electron chi connectivity index (χ0n) is 12.2. The molecular weight excluding hydrogens is 354 g/mol. The summed E-state index contributed by atoms with van der Waals surface area (Å²) in [7, 11) is 0. The molecule has 0 bridgehead atoms. The Morgan fingerprint density at radius 1 is 1.57 bits per heavy atom. The van der Waals surface area contributed by atoms with Crippen LogP contribution < -0.4 is 10.6 Å². The predicted octanol–water partition coefficient (Wildman–Crippen LogP) is 3.11. The van der Waals surface area contributed by atoms with Crippen molar-refractivity contribution in [1.82, 2.24) is 10.2 Å². The molecule has 1 saturated heterocycles. The predicted molar refractivity (Wildman–Crippen MR) is 90.9 cm³/mol. The van der Waals surface area contributed by atoms with E-state index < -0.39 is 0 Å². The van der Waals surface area contributed by atoms with Crippen LogP contribution in [0.1, 0.15) is 19.8 Å². The minimum absolute atomic E-state index is 0.0216. The molecule has 1 fully saturated rings. The highest BCUT2D eigenvalue weighted by molar-refractivity contribution is 9.10. The number of carbonyl (C=O) groups is 1. The third-order valence-electron chi connectivity index (χ3n) is 3.75. The van der Waals surface area contributed by atoms with Crippen LogP contribution in [0.2, 0.25) is 5.02 Å². The third kappa shape index (κ3) is 4.95. The number of nitrogens with zero attached hydrogens (tertiary/aromatic N) is 1. The lowest BCUT2D eigenvalue weighted by molar-refractivity contribution is -0.117. The van der Waals surface area contributed by atoms with Gasteiger partial charge in [0, 0.05) is 17.1 Å². The molecule has 1 heterocycles. The second-order valence-electron chi connectivity index (χ2n) is 5.24. The Hall–Kier alpha value is -0.620. The molecule has 1 unspecified atom stereocenters. The second-order valence-corrected chi connectivity index (χ2v) is 6.56. The first kappa shape index (κ1) is 16.7. The first-order valence-corrected chi connectivity index (χ1v) is 8.47. The molecule has 116 valence electrons. The molecule has 1 atom stereocenters. The maximum absolute atomic E-state index is 12.2. The smallest absolute Gasteiger partial charge is 0.238 e. The molecule has 0 spiro atoms. The summed E-state index contributed by atoms with van der Waals surface area (Å²) in [6.45, 7) is 5.40. The Morgan fingerprint density at radius 2 is 2.38 bits per heavy atom. The van der Waals surface area contributed by atoms with E-state index in [1.807, 2.05) is 12.1 Å². The highest BCUT2D eigenvalue weighted by atomic mass is 79.9. The normalized spacial score (nSPS) is 18.8. The minimum Gasteiger partial charge on any atom is -0.324 e. The fourth-order valence-electron chi connectivity index (χ4n) is 2.61. The van der Waals surface area contributed by atoms with Gasteiger partial charge < -0.3 is 10.6 Å². The van der Waals surface area contributed by atoms with E-state index in [0.29, 0.717) is 23.3 Å². The molecule has 0 saturated carbocycles. The van der Waals surface area contributed by atoms with E-state index in [9.17, 15) is 4.79 Å². The average Bonchev–Trinajstić information content (AvgIpc) is 2.48. The van der Waals surface area contributed by atoms with E-state index in [0.717, 1.165) is 30.5 Å². The maximum atomic E-state index is 12.2. The van der Waals surface area contributed by atoms with Crippen LogP contribution in [-0.4, -0.2) is 43.0 Å². The van der Waals surface area contributed by atoms with Crippen LogP contribution in [-0.2, 0) is 4.79 Å². The van der Waals surface area contributed by atoms with Gasteiger partial charge in [-0.3, -0.25) is 9.69 Å². The molecule has 21 heavy (non-hydrogen) atoms. The first-order chi connectivity index (χ1) is 10.1. The monoisotopic (exact) mass is 373 g/mol. The number of likely N-dealkylation sites (N-methyl/N-ethyl adjacent to an activating group) is 1. The fourth-order valence-corrected chi connectivity index (χ4v) is 3.33. The van der Waals surface area contributed by atoms with E-state index in [2.05, 4.69) is 38.4 Å². The number of rotatable bonds is 5. The molecule has 1 amide bonds. The van der Waals surface area contributed by atoms with E-state index >= 15 is 0 Å². The summed E-state index contributed by atoms with van der Waals surface area (Å²) in [5.74, 6) is -0.0216. The van der Waals surface area contributed by atoms with Gasteiger partial charge in [0.05, 0.1) is 17.3 Å². The van der Waals surface area contributed by atoms with Crippen LogP contribution in [0.25, 0.3) is 0 Å². The van der Waals surface area contributed by atoms with Crippen molar-refractivity contribution in [2.24, 2.45) is 0 Å². The molecule has 6 heteroatoms. The summed E-state index contributed by atoms with van der Waals surface area (Å²) in [5.41, 5.74) is 0.655. The van der Waals surface area contributed by atoms with Crippen LogP contribution in [0.15, 0.2) is 22.7 Å². The largest absolute Gasteiger partial charge is 0.324 e. The fraction of sp³-hybridized carbons (Fsp3) is 0.533. The summed E-state index contributed by atoms with van der Waals surface area (Å²) < 4.78 is 0.897. The van der Waals surface area contributed by atoms with Gasteiger partial charge in [-0.15, -0.1) is 0 Å². The lowest BCUT2D eigenvalue weighted by Crippen LogP contribution is -2.48. The molecule has 1 aliphatic heterocycles. The Balaban J connectivity index is 1.92. The van der Waals surface area contributed by atoms with Crippen LogP contribution in [0.5, 0.6) is 0 Å². The van der Waals surface area contributed by atoms with Crippen molar-refractivity contribution >= 4 is 39.1 Å². The van der Waals surface area contributed by atoms with Crippen molar-refractivity contribution in [1.29, 1.82) is 0 Å². The molecular formula is C15H21BrClN3O. The standard InChI is InChI=1S/C15H21BrClN3O/c1-2-20(12-4-3-7-18-9-12)10-15(21)19-14-6-5-11(16)8-13(14)17/h5-6,8,12,18H,2-4,7,9-10H2,1H3,(H,19,21). The van der Waals surface area contributed by atoms with E-state index in [1.54, 1.807) is 6.07 Å². The topological polar surface area (TPSA) is 44.4 Å². The van der Waals surface area contributed by atoms with Gasteiger partial charge in [-0.2, -0.15) is 0 Å². The van der Waals surface area contributed by atoms with E-state index in [1.165, 1.54) is 6.42 Å². The zero-order valence-corrected chi connectivity index (χ0v) is 14.5. The lowest BCUT2D eigenvalue weighted by atomic mass is 10.1. The minimum atomic E-state index is -0.0216. The van der Waals surface area contributed by atoms with Gasteiger partial charge in [0.1, 0.15) is 0 Å². The number of anilines is 1. The van der Waals surface area contributed by atoms with Crippen molar-refractivity contribution in [2.45, 2.75) is 25.8 Å². The second kappa shape index (κ2) is 8.13. The summed E-state index contributed by atoms with van der Waals surface area (Å²) in [5, 5.41) is 6.82. The number of nitrogens with one attached hydrogen (secondary N) is 2. The van der Waals surface area contributed by atoms with Crippen LogP contribution in [0.4, 0.5) is 5.69 Å². The quantitative estimate of drug-likeness (QED) is 0.832. The SMILES string of the molecule is CCN(CC(=O)Nc1ccc(Br)cc1Cl)C1CCCNC1.